The molecule has 6 aromatic rings. The van der Waals surface area contributed by atoms with Crippen molar-refractivity contribution in [3.05, 3.63) is 149 Å². The summed E-state index contributed by atoms with van der Waals surface area (Å²) < 4.78 is 0. The van der Waals surface area contributed by atoms with Gasteiger partial charge < -0.3 is 14.7 Å². The van der Waals surface area contributed by atoms with Gasteiger partial charge in [0.2, 0.25) is 0 Å². The highest BCUT2D eigenvalue weighted by Crippen LogP contribution is 2.61. The van der Waals surface area contributed by atoms with Crippen molar-refractivity contribution < 1.29 is 0 Å². The topological polar surface area (TPSA) is 9.72 Å². The van der Waals surface area contributed by atoms with E-state index in [9.17, 15) is 0 Å². The quantitative estimate of drug-likeness (QED) is 0.164. The van der Waals surface area contributed by atoms with E-state index in [2.05, 4.69) is 233 Å². The molecule has 334 valence electrons. The largest absolute Gasteiger partial charge is 0.334 e. The fourth-order valence-electron chi connectivity index (χ4n) is 12.1. The monoisotopic (exact) mass is 858 g/mol. The van der Waals surface area contributed by atoms with Gasteiger partial charge in [0.15, 0.2) is 0 Å². The standard InChI is InChI=1S/C61H72BN3/c1-56(2,3)40-22-28-44(29-23-40)63-51-32-26-42(58(7,8)9)36-48(51)62-49-37-43(59(10,11)12)27-33-52(49)64(45-30-24-41(25-31-45)57(4,5)6)54-39-46(38-53(63)55(54)62)65-50-21-17-16-20-47(50)60(13)34-18-15-19-35-61(60,65)14/h16-17,20-33,36-39H,15,18-19,34-35H2,1-14H3. The van der Waals surface area contributed by atoms with Crippen molar-refractivity contribution in [3.63, 3.8) is 0 Å². The van der Waals surface area contributed by atoms with E-state index >= 15 is 0 Å². The minimum atomic E-state index is -0.103. The predicted octanol–water partition coefficient (Wildman–Crippen LogP) is 15.1. The van der Waals surface area contributed by atoms with Crippen LogP contribution in [0, 0.1) is 0 Å². The molecule has 0 amide bonds. The molecular weight excluding hydrogens is 786 g/mol. The third-order valence-electron chi connectivity index (χ3n) is 16.3. The maximum Gasteiger partial charge on any atom is 0.252 e. The number of hydrogen-bond donors (Lipinski definition) is 0. The molecule has 0 spiro atoms. The number of benzene rings is 6. The number of hydrogen-bond acceptors (Lipinski definition) is 3. The molecule has 1 saturated carbocycles. The molecule has 10 rings (SSSR count). The molecular formula is C61H72BN3. The molecule has 0 bridgehead atoms. The van der Waals surface area contributed by atoms with Crippen LogP contribution in [0.3, 0.4) is 0 Å². The molecule has 2 unspecified atom stereocenters. The van der Waals surface area contributed by atoms with E-state index in [1.54, 1.807) is 0 Å². The van der Waals surface area contributed by atoms with E-state index in [0.29, 0.717) is 0 Å². The van der Waals surface area contributed by atoms with Crippen molar-refractivity contribution in [3.8, 4) is 0 Å². The SMILES string of the molecule is CC(C)(C)c1ccc(N2c3ccc(C(C)(C)C)cc3B3c4cc(C(C)(C)C)ccc4N(c4ccc(C(C)(C)C)cc4)c4cc(N5c6ccccc6C6(C)CCCCCC56C)cc2c43)cc1. The molecule has 1 fully saturated rings. The lowest BCUT2D eigenvalue weighted by molar-refractivity contribution is 0.261. The van der Waals surface area contributed by atoms with Crippen molar-refractivity contribution in [2.24, 2.45) is 0 Å². The Balaban J connectivity index is 1.34. The van der Waals surface area contributed by atoms with Crippen molar-refractivity contribution in [2.75, 3.05) is 14.7 Å². The van der Waals surface area contributed by atoms with Gasteiger partial charge in [-0.05, 0) is 140 Å². The first-order valence-electron chi connectivity index (χ1n) is 24.7. The Kier molecular flexibility index (Phi) is 9.84. The van der Waals surface area contributed by atoms with Gasteiger partial charge >= 0.3 is 0 Å². The zero-order chi connectivity index (χ0) is 46.2. The first-order chi connectivity index (χ1) is 30.5. The zero-order valence-corrected chi connectivity index (χ0v) is 42.0. The maximum absolute atomic E-state index is 2.80. The molecule has 6 aromatic carbocycles. The number of fused-ring (bicyclic) bond motifs is 7. The molecule has 1 aliphatic carbocycles. The van der Waals surface area contributed by atoms with Gasteiger partial charge in [-0.2, -0.15) is 0 Å². The summed E-state index contributed by atoms with van der Waals surface area (Å²) in [6.45, 7) is 33.3. The third-order valence-corrected chi connectivity index (χ3v) is 16.3. The van der Waals surface area contributed by atoms with Crippen LogP contribution in [0.1, 0.15) is 157 Å². The van der Waals surface area contributed by atoms with E-state index in [1.807, 2.05) is 0 Å². The van der Waals surface area contributed by atoms with Crippen LogP contribution >= 0.6 is 0 Å². The molecule has 0 radical (unpaired) electrons. The second-order valence-corrected chi connectivity index (χ2v) is 24.7. The van der Waals surface area contributed by atoms with Crippen LogP contribution in [0.15, 0.2) is 121 Å². The van der Waals surface area contributed by atoms with Gasteiger partial charge in [-0.3, -0.25) is 0 Å². The van der Waals surface area contributed by atoms with Crippen LogP contribution in [0.2, 0.25) is 0 Å². The summed E-state index contributed by atoms with van der Waals surface area (Å²) in [7, 11) is 0. The molecule has 3 heterocycles. The Morgan fingerprint density at radius 2 is 0.846 bits per heavy atom. The lowest BCUT2D eigenvalue weighted by Crippen LogP contribution is -2.62. The first kappa shape index (κ1) is 43.7. The van der Waals surface area contributed by atoms with Crippen molar-refractivity contribution in [2.45, 2.75) is 162 Å². The van der Waals surface area contributed by atoms with E-state index in [-0.39, 0.29) is 39.3 Å². The highest BCUT2D eigenvalue weighted by molar-refractivity contribution is 7.00. The molecule has 0 N–H and O–H groups in total. The molecule has 4 heteroatoms. The van der Waals surface area contributed by atoms with Gasteiger partial charge in [0.1, 0.15) is 0 Å². The number of nitrogens with zero attached hydrogens (tertiary/aromatic N) is 3. The van der Waals surface area contributed by atoms with E-state index in [1.165, 1.54) is 115 Å². The lowest BCUT2D eigenvalue weighted by atomic mass is 9.33. The average Bonchev–Trinajstić information content (AvgIpc) is 3.31. The highest BCUT2D eigenvalue weighted by Gasteiger charge is 2.57. The van der Waals surface area contributed by atoms with Crippen molar-refractivity contribution in [1.29, 1.82) is 0 Å². The molecule has 0 saturated heterocycles. The minimum absolute atomic E-state index is 0.0171. The fourth-order valence-corrected chi connectivity index (χ4v) is 12.1. The van der Waals surface area contributed by atoms with Gasteiger partial charge in [0.25, 0.3) is 6.71 Å². The van der Waals surface area contributed by atoms with Gasteiger partial charge in [-0.25, -0.2) is 0 Å². The van der Waals surface area contributed by atoms with Crippen LogP contribution in [-0.4, -0.2) is 12.3 Å². The van der Waals surface area contributed by atoms with E-state index in [0.717, 1.165) is 6.42 Å². The second kappa shape index (κ2) is 14.6. The summed E-state index contributed by atoms with van der Waals surface area (Å²) in [4.78, 5) is 8.06. The Morgan fingerprint density at radius 3 is 1.31 bits per heavy atom. The number of anilines is 8. The fraction of sp³-hybridized carbons (Fsp3) is 0.410. The van der Waals surface area contributed by atoms with Crippen molar-refractivity contribution >= 4 is 68.6 Å². The molecule has 0 aromatic heterocycles. The first-order valence-corrected chi connectivity index (χ1v) is 24.7. The summed E-state index contributed by atoms with van der Waals surface area (Å²) in [5.41, 5.74) is 21.1. The molecule has 2 atom stereocenters. The van der Waals surface area contributed by atoms with Crippen LogP contribution in [0.4, 0.5) is 45.5 Å². The Labute approximate surface area is 392 Å². The summed E-state index contributed by atoms with van der Waals surface area (Å²) >= 11 is 0. The van der Waals surface area contributed by atoms with E-state index < -0.39 is 0 Å². The second-order valence-electron chi connectivity index (χ2n) is 24.7. The summed E-state index contributed by atoms with van der Waals surface area (Å²) in [6, 6.07) is 48.4. The zero-order valence-electron chi connectivity index (χ0n) is 42.0. The molecule has 3 nitrogen and oxygen atoms in total. The molecule has 3 aliphatic heterocycles. The minimum Gasteiger partial charge on any atom is -0.334 e. The van der Waals surface area contributed by atoms with Gasteiger partial charge in [0, 0.05) is 50.9 Å². The summed E-state index contributed by atoms with van der Waals surface area (Å²) in [5.74, 6) is 0. The van der Waals surface area contributed by atoms with Gasteiger partial charge in [0.05, 0.1) is 5.54 Å². The number of rotatable bonds is 3. The van der Waals surface area contributed by atoms with Crippen molar-refractivity contribution in [1.82, 2.24) is 0 Å². The summed E-state index contributed by atoms with van der Waals surface area (Å²) in [5, 5.41) is 0. The van der Waals surface area contributed by atoms with E-state index in [4.69, 9.17) is 0 Å². The molecule has 65 heavy (non-hydrogen) atoms. The maximum atomic E-state index is 2.80. The highest BCUT2D eigenvalue weighted by atomic mass is 15.3. The predicted molar refractivity (Wildman–Crippen MR) is 283 cm³/mol. The lowest BCUT2D eigenvalue weighted by Gasteiger charge is -2.48. The third kappa shape index (κ3) is 6.81. The summed E-state index contributed by atoms with van der Waals surface area (Å²) in [6.07, 6.45) is 6.14. The average molecular weight is 858 g/mol. The van der Waals surface area contributed by atoms with Crippen LogP contribution in [0.5, 0.6) is 0 Å². The van der Waals surface area contributed by atoms with Crippen LogP contribution in [0.25, 0.3) is 0 Å². The van der Waals surface area contributed by atoms with Gasteiger partial charge in [-0.1, -0.05) is 176 Å². The normalized spacial score (nSPS) is 20.5. The Hall–Kier alpha value is -5.22. The number of para-hydroxylation sites is 1. The van der Waals surface area contributed by atoms with Crippen LogP contribution in [-0.2, 0) is 27.1 Å². The Bertz CT molecular complexity index is 2680. The van der Waals surface area contributed by atoms with Gasteiger partial charge in [-0.15, -0.1) is 0 Å². The van der Waals surface area contributed by atoms with Crippen LogP contribution < -0.4 is 31.1 Å². The smallest absolute Gasteiger partial charge is 0.252 e. The Morgan fingerprint density at radius 1 is 0.415 bits per heavy atom. The molecule has 4 aliphatic rings.